The maximum absolute atomic E-state index is 5.22. The molecule has 0 radical (unpaired) electrons. The SMILES string of the molecule is Cc1cc(-c2ccccc2)c2ccc3ccc(-c4ccc(-c5cccc(-c6cc(-c7ccccc7)nc(-c7ccc(-c8ccccc8)cc7)n6)c5)cc4)nc3c2n1. The van der Waals surface area contributed by atoms with Crippen molar-refractivity contribution in [1.82, 2.24) is 19.9 Å². The van der Waals surface area contributed by atoms with Gasteiger partial charge in [0.2, 0.25) is 0 Å². The van der Waals surface area contributed by atoms with Crippen molar-refractivity contribution < 1.29 is 0 Å². The van der Waals surface area contributed by atoms with Gasteiger partial charge in [-0.1, -0.05) is 176 Å². The Kier molecular flexibility index (Phi) is 8.69. The normalized spacial score (nSPS) is 11.2. The van der Waals surface area contributed by atoms with E-state index in [0.717, 1.165) is 83.5 Å². The summed E-state index contributed by atoms with van der Waals surface area (Å²) < 4.78 is 0. The van der Waals surface area contributed by atoms with Gasteiger partial charge in [0.05, 0.1) is 28.1 Å². The van der Waals surface area contributed by atoms with Gasteiger partial charge in [-0.3, -0.25) is 4.98 Å². The number of fused-ring (bicyclic) bond motifs is 3. The van der Waals surface area contributed by atoms with Crippen LogP contribution in [0.4, 0.5) is 0 Å². The van der Waals surface area contributed by atoms with E-state index >= 15 is 0 Å². The minimum atomic E-state index is 0.693. The second-order valence-electron chi connectivity index (χ2n) is 14.3. The quantitative estimate of drug-likeness (QED) is 0.153. The third kappa shape index (κ3) is 6.75. The van der Waals surface area contributed by atoms with E-state index in [2.05, 4.69) is 177 Å². The Labute approximate surface area is 331 Å². The summed E-state index contributed by atoms with van der Waals surface area (Å²) in [4.78, 5) is 20.4. The smallest absolute Gasteiger partial charge is 0.160 e. The third-order valence-corrected chi connectivity index (χ3v) is 10.6. The number of pyridine rings is 2. The monoisotopic (exact) mass is 728 g/mol. The van der Waals surface area contributed by atoms with Crippen molar-refractivity contribution in [1.29, 1.82) is 0 Å². The Hall–Kier alpha value is -7.56. The minimum Gasteiger partial charge on any atom is -0.251 e. The molecule has 57 heavy (non-hydrogen) atoms. The Bertz CT molecular complexity index is 3030. The highest BCUT2D eigenvalue weighted by atomic mass is 14.9. The fourth-order valence-corrected chi connectivity index (χ4v) is 7.63. The van der Waals surface area contributed by atoms with Gasteiger partial charge in [0, 0.05) is 38.7 Å². The molecule has 268 valence electrons. The summed E-state index contributed by atoms with van der Waals surface area (Å²) >= 11 is 0. The van der Waals surface area contributed by atoms with Crippen LogP contribution in [-0.2, 0) is 0 Å². The molecule has 0 fully saturated rings. The lowest BCUT2D eigenvalue weighted by Gasteiger charge is -2.12. The van der Waals surface area contributed by atoms with E-state index in [1.54, 1.807) is 0 Å². The zero-order valence-corrected chi connectivity index (χ0v) is 31.3. The first-order chi connectivity index (χ1) is 28.1. The van der Waals surface area contributed by atoms with Crippen LogP contribution in [0, 0.1) is 6.92 Å². The summed E-state index contributed by atoms with van der Waals surface area (Å²) in [6, 6.07) is 69.8. The Morgan fingerprint density at radius 1 is 0.298 bits per heavy atom. The Morgan fingerprint density at radius 3 is 1.51 bits per heavy atom. The van der Waals surface area contributed by atoms with Gasteiger partial charge in [0.1, 0.15) is 0 Å². The number of benzene rings is 7. The fraction of sp³-hybridized carbons (Fsp3) is 0.0189. The van der Waals surface area contributed by atoms with Gasteiger partial charge in [-0.2, -0.15) is 0 Å². The molecular formula is C53H36N4. The standard InChI is InChI=1S/C53H36N4/c1-35-32-47(39-14-7-3-8-15-39)46-30-28-42-29-31-48(55-51(42)52(46)54-35)41-24-20-38(21-25-41)44-18-11-19-45(33-44)50-34-49(40-16-9-4-10-17-40)56-53(57-50)43-26-22-37(23-27-43)36-12-5-2-6-13-36/h2-34H,1H3. The van der Waals surface area contributed by atoms with Gasteiger partial charge in [-0.15, -0.1) is 0 Å². The maximum Gasteiger partial charge on any atom is 0.160 e. The molecular weight excluding hydrogens is 693 g/mol. The van der Waals surface area contributed by atoms with Crippen LogP contribution in [0.1, 0.15) is 5.69 Å². The summed E-state index contributed by atoms with van der Waals surface area (Å²) in [6.45, 7) is 2.05. The van der Waals surface area contributed by atoms with E-state index in [0.29, 0.717) is 5.82 Å². The van der Waals surface area contributed by atoms with Crippen molar-refractivity contribution in [2.45, 2.75) is 6.92 Å². The van der Waals surface area contributed by atoms with Crippen LogP contribution in [0.2, 0.25) is 0 Å². The average Bonchev–Trinajstić information content (AvgIpc) is 3.29. The lowest BCUT2D eigenvalue weighted by molar-refractivity contribution is 1.18. The van der Waals surface area contributed by atoms with Crippen molar-refractivity contribution in [2.24, 2.45) is 0 Å². The van der Waals surface area contributed by atoms with E-state index < -0.39 is 0 Å². The van der Waals surface area contributed by atoms with Gasteiger partial charge in [-0.05, 0) is 64.6 Å². The summed E-state index contributed by atoms with van der Waals surface area (Å²) in [5.74, 6) is 0.693. The van der Waals surface area contributed by atoms with Crippen LogP contribution < -0.4 is 0 Å². The molecule has 10 aromatic rings. The molecule has 0 amide bonds. The van der Waals surface area contributed by atoms with Gasteiger partial charge in [0.25, 0.3) is 0 Å². The molecule has 0 N–H and O–H groups in total. The first-order valence-corrected chi connectivity index (χ1v) is 19.2. The van der Waals surface area contributed by atoms with Crippen LogP contribution in [0.5, 0.6) is 0 Å². The molecule has 0 aliphatic carbocycles. The van der Waals surface area contributed by atoms with Gasteiger partial charge in [-0.25, -0.2) is 15.0 Å². The third-order valence-electron chi connectivity index (χ3n) is 10.6. The first-order valence-electron chi connectivity index (χ1n) is 19.2. The zero-order valence-electron chi connectivity index (χ0n) is 31.3. The van der Waals surface area contributed by atoms with E-state index in [1.165, 1.54) is 16.7 Å². The number of hydrogen-bond donors (Lipinski definition) is 0. The van der Waals surface area contributed by atoms with Crippen molar-refractivity contribution >= 4 is 21.8 Å². The van der Waals surface area contributed by atoms with Gasteiger partial charge < -0.3 is 0 Å². The van der Waals surface area contributed by atoms with Crippen LogP contribution in [0.15, 0.2) is 200 Å². The molecule has 4 nitrogen and oxygen atoms in total. The van der Waals surface area contributed by atoms with E-state index in [-0.39, 0.29) is 0 Å². The molecule has 0 spiro atoms. The molecule has 0 atom stereocenters. The molecule has 0 saturated heterocycles. The molecule has 4 heteroatoms. The zero-order chi connectivity index (χ0) is 38.1. The second-order valence-corrected chi connectivity index (χ2v) is 14.3. The van der Waals surface area contributed by atoms with E-state index in [4.69, 9.17) is 19.9 Å². The molecule has 3 aromatic heterocycles. The van der Waals surface area contributed by atoms with Crippen molar-refractivity contribution in [3.63, 3.8) is 0 Å². The Balaban J connectivity index is 0.988. The predicted molar refractivity (Wildman–Crippen MR) is 235 cm³/mol. The summed E-state index contributed by atoms with van der Waals surface area (Å²) in [5, 5.41) is 2.18. The largest absolute Gasteiger partial charge is 0.251 e. The number of aryl methyl sites for hydroxylation is 1. The number of rotatable bonds is 7. The number of nitrogens with zero attached hydrogens (tertiary/aromatic N) is 4. The van der Waals surface area contributed by atoms with Crippen LogP contribution in [-0.4, -0.2) is 19.9 Å². The topological polar surface area (TPSA) is 51.6 Å². The van der Waals surface area contributed by atoms with Gasteiger partial charge in [0.15, 0.2) is 5.82 Å². The highest BCUT2D eigenvalue weighted by Crippen LogP contribution is 2.35. The minimum absolute atomic E-state index is 0.693. The fourth-order valence-electron chi connectivity index (χ4n) is 7.63. The molecule has 3 heterocycles. The van der Waals surface area contributed by atoms with Crippen LogP contribution >= 0.6 is 0 Å². The summed E-state index contributed by atoms with van der Waals surface area (Å²) in [6.07, 6.45) is 0. The molecule has 0 saturated carbocycles. The van der Waals surface area contributed by atoms with Gasteiger partial charge >= 0.3 is 0 Å². The molecule has 0 aliphatic rings. The second kappa shape index (κ2) is 14.6. The Morgan fingerprint density at radius 2 is 0.807 bits per heavy atom. The molecule has 0 aliphatic heterocycles. The van der Waals surface area contributed by atoms with Crippen molar-refractivity contribution in [3.8, 4) is 78.5 Å². The summed E-state index contributed by atoms with van der Waals surface area (Å²) in [5.41, 5.74) is 16.5. The highest BCUT2D eigenvalue weighted by Gasteiger charge is 2.14. The van der Waals surface area contributed by atoms with E-state index in [9.17, 15) is 0 Å². The predicted octanol–water partition coefficient (Wildman–Crippen LogP) is 13.6. The van der Waals surface area contributed by atoms with Crippen LogP contribution in [0.25, 0.3) is 100 Å². The van der Waals surface area contributed by atoms with E-state index in [1.807, 2.05) is 30.3 Å². The molecule has 7 aromatic carbocycles. The lowest BCUT2D eigenvalue weighted by atomic mass is 9.98. The first kappa shape index (κ1) is 34.0. The average molecular weight is 729 g/mol. The summed E-state index contributed by atoms with van der Waals surface area (Å²) in [7, 11) is 0. The molecule has 0 bridgehead atoms. The maximum atomic E-state index is 5.22. The molecule has 0 unspecified atom stereocenters. The molecule has 10 rings (SSSR count). The highest BCUT2D eigenvalue weighted by molar-refractivity contribution is 6.08. The van der Waals surface area contributed by atoms with Crippen molar-refractivity contribution in [2.75, 3.05) is 0 Å². The van der Waals surface area contributed by atoms with Crippen molar-refractivity contribution in [3.05, 3.63) is 206 Å². The number of aromatic nitrogens is 4. The lowest BCUT2D eigenvalue weighted by Crippen LogP contribution is -1.96. The number of hydrogen-bond acceptors (Lipinski definition) is 4. The van der Waals surface area contributed by atoms with Crippen LogP contribution in [0.3, 0.4) is 0 Å².